The Labute approximate surface area is 503 Å². The van der Waals surface area contributed by atoms with Gasteiger partial charge in [-0.25, -0.2) is 40.2 Å². The zero-order valence-electron chi connectivity index (χ0n) is 47.9. The number of aromatic hydroxyl groups is 1. The van der Waals surface area contributed by atoms with E-state index in [1.165, 1.54) is 6.07 Å². The molecule has 0 aliphatic rings. The lowest BCUT2D eigenvalue weighted by atomic mass is 10.1. The molecule has 0 spiro atoms. The largest absolute Gasteiger partial charge is 0.506 e. The Bertz CT molecular complexity index is 4860. The van der Waals surface area contributed by atoms with Crippen molar-refractivity contribution in [1.29, 1.82) is 0 Å². The minimum Gasteiger partial charge on any atom is -0.506 e. The lowest BCUT2D eigenvalue weighted by Crippen LogP contribution is -2.10. The molecule has 23 heteroatoms. The van der Waals surface area contributed by atoms with Crippen LogP contribution in [-0.4, -0.2) is 90.9 Å². The Morgan fingerprint density at radius 1 is 0.402 bits per heavy atom. The zero-order valence-corrected chi connectivity index (χ0v) is 51.2. The van der Waals surface area contributed by atoms with Crippen LogP contribution in [0.2, 0.25) is 0 Å². The Morgan fingerprint density at radius 2 is 0.678 bits per heavy atom. The third-order valence-corrected chi connectivity index (χ3v) is 15.7. The fraction of sp³-hybridized carbons (Fsp3) is 0.109. The van der Waals surface area contributed by atoms with Crippen molar-refractivity contribution in [1.82, 2.24) is 15.0 Å². The van der Waals surface area contributed by atoms with Gasteiger partial charge in [-0.3, -0.25) is 14.2 Å². The molecule has 9 aromatic carbocycles. The normalized spacial score (nSPS) is 11.7. The fourth-order valence-electron chi connectivity index (χ4n) is 9.56. The molecule has 0 aliphatic carbocycles. The van der Waals surface area contributed by atoms with E-state index in [2.05, 4.69) is 35.1 Å². The molecule has 444 valence electrons. The van der Waals surface area contributed by atoms with Gasteiger partial charge in [-0.1, -0.05) is 109 Å². The second-order valence-corrected chi connectivity index (χ2v) is 29.4. The molecular weight excluding hydrogens is 1180 g/mol. The SMILES string of the molecule is COc1cc(NS(C)(=O)=O)ccc1Nc1c2ccccc2nc2ccccc12.CP(C)(=O)COc1cc(NS(C)(=O)=O)ccc1Nc1c2ccccc2nc2ccccc12.CS(=O)(=O)Nc1ccc(Nc2c3ccccc3nc3ccccc23)c(O)c1. The summed E-state index contributed by atoms with van der Waals surface area (Å²) in [6.07, 6.45) is 3.29. The molecule has 3 heterocycles. The summed E-state index contributed by atoms with van der Waals surface area (Å²) in [7, 11) is -11.2. The fourth-order valence-corrected chi connectivity index (χ4v) is 11.7. The van der Waals surface area contributed by atoms with E-state index in [9.17, 15) is 34.9 Å². The number of fused-ring (bicyclic) bond motifs is 6. The Hall–Kier alpha value is -9.73. The van der Waals surface area contributed by atoms with Crippen LogP contribution in [0.4, 0.5) is 51.2 Å². The molecular formula is C64H60N9O10PS3. The summed E-state index contributed by atoms with van der Waals surface area (Å²) < 4.78 is 100.0. The zero-order chi connectivity index (χ0) is 61.7. The van der Waals surface area contributed by atoms with Crippen molar-refractivity contribution in [2.75, 3.05) is 75.7 Å². The number of aromatic nitrogens is 3. The van der Waals surface area contributed by atoms with E-state index in [1.54, 1.807) is 69.0 Å². The smallest absolute Gasteiger partial charge is 0.229 e. The molecule has 0 fully saturated rings. The van der Waals surface area contributed by atoms with Crippen molar-refractivity contribution in [3.63, 3.8) is 0 Å². The molecule has 12 rings (SSSR count). The van der Waals surface area contributed by atoms with E-state index >= 15 is 0 Å². The molecule has 0 unspecified atom stereocenters. The van der Waals surface area contributed by atoms with E-state index in [0.717, 1.165) is 107 Å². The maximum absolute atomic E-state index is 12.3. The van der Waals surface area contributed by atoms with Gasteiger partial charge in [-0.05, 0) is 86.1 Å². The molecule has 0 bridgehead atoms. The summed E-state index contributed by atoms with van der Waals surface area (Å²) in [6, 6.07) is 61.7. The monoisotopic (exact) mass is 1240 g/mol. The summed E-state index contributed by atoms with van der Waals surface area (Å²) in [6.45, 7) is 3.28. The molecule has 0 atom stereocenters. The molecule has 0 radical (unpaired) electrons. The Balaban J connectivity index is 0.000000145. The van der Waals surface area contributed by atoms with Crippen LogP contribution in [-0.2, 0) is 34.6 Å². The van der Waals surface area contributed by atoms with Gasteiger partial charge in [0.25, 0.3) is 0 Å². The van der Waals surface area contributed by atoms with Crippen LogP contribution in [0.5, 0.6) is 17.2 Å². The van der Waals surface area contributed by atoms with Crippen molar-refractivity contribution in [2.24, 2.45) is 0 Å². The van der Waals surface area contributed by atoms with Crippen LogP contribution >= 0.6 is 7.14 Å². The number of rotatable bonds is 16. The molecule has 7 N–H and O–H groups in total. The Kier molecular flexibility index (Phi) is 17.4. The predicted molar refractivity (Wildman–Crippen MR) is 355 cm³/mol. The molecule has 87 heavy (non-hydrogen) atoms. The van der Waals surface area contributed by atoms with Crippen molar-refractivity contribution in [2.45, 2.75) is 0 Å². The topological polar surface area (TPSA) is 269 Å². The number of phenols is 1. The van der Waals surface area contributed by atoms with Gasteiger partial charge in [0, 0.05) is 50.5 Å². The minimum absolute atomic E-state index is 0.0296. The summed E-state index contributed by atoms with van der Waals surface area (Å²) in [5, 5.41) is 26.3. The average Bonchev–Trinajstić information content (AvgIpc) is 1.12. The van der Waals surface area contributed by atoms with Gasteiger partial charge in [-0.2, -0.15) is 0 Å². The summed E-state index contributed by atoms with van der Waals surface area (Å²) in [5.41, 5.74) is 10.7. The van der Waals surface area contributed by atoms with Gasteiger partial charge in [-0.15, -0.1) is 0 Å². The summed E-state index contributed by atoms with van der Waals surface area (Å²) in [5.74, 6) is 0.861. The summed E-state index contributed by atoms with van der Waals surface area (Å²) in [4.78, 5) is 14.1. The number of sulfonamides is 3. The molecule has 0 amide bonds. The number of ether oxygens (including phenoxy) is 2. The average molecular weight is 1240 g/mol. The number of phenolic OH excluding ortho intramolecular Hbond substituents is 1. The molecule has 19 nitrogen and oxygen atoms in total. The molecule has 0 saturated heterocycles. The first-order valence-electron chi connectivity index (χ1n) is 26.8. The minimum atomic E-state index is -3.46. The van der Waals surface area contributed by atoms with Crippen LogP contribution in [0.15, 0.2) is 200 Å². The number of methoxy groups -OCH3 is 1. The van der Waals surface area contributed by atoms with Crippen LogP contribution in [0.3, 0.4) is 0 Å². The standard InChI is InChI=1S/C23H24N3O4PS.C21H19N3O3S.C20H17N3O3S/c1-31(2,27)15-30-22-14-16(26-32(3,28)29)12-13-21(22)25-23-17-8-4-6-10-19(17)24-20-11-7-5-9-18(20)23;1-27-20-13-14(24-28(2,25)26)11-12-19(20)23-21-15-7-3-5-9-17(15)22-18-10-6-4-8-16(18)21;1-27(25,26)23-13-10-11-18(19(24)12-13)22-20-14-6-2-4-8-16(14)21-17-9-5-3-7-15(17)20/h4-14,26H,15H2,1-3H3,(H,24,25);3-13,24H,1-2H3,(H,22,23);2-12,23-24H,1H3,(H,21,22). The second kappa shape index (κ2) is 25.1. The highest BCUT2D eigenvalue weighted by molar-refractivity contribution is 7.92. The summed E-state index contributed by atoms with van der Waals surface area (Å²) >= 11 is 0. The first kappa shape index (κ1) is 60.4. The van der Waals surface area contributed by atoms with Gasteiger partial charge in [0.15, 0.2) is 0 Å². The number of nitrogens with zero attached hydrogens (tertiary/aromatic N) is 3. The third kappa shape index (κ3) is 15.2. The maximum Gasteiger partial charge on any atom is 0.229 e. The lowest BCUT2D eigenvalue weighted by molar-refractivity contribution is 0.380. The highest BCUT2D eigenvalue weighted by Crippen LogP contribution is 2.42. The Morgan fingerprint density at radius 3 is 0.977 bits per heavy atom. The number of nitrogens with one attached hydrogen (secondary N) is 6. The molecule has 3 aromatic heterocycles. The highest BCUT2D eigenvalue weighted by atomic mass is 32.2. The van der Waals surface area contributed by atoms with Crippen molar-refractivity contribution >= 4 is 154 Å². The predicted octanol–water partition coefficient (Wildman–Crippen LogP) is 14.2. The van der Waals surface area contributed by atoms with Gasteiger partial charge >= 0.3 is 0 Å². The second-order valence-electron chi connectivity index (χ2n) is 20.8. The molecule has 12 aromatic rings. The van der Waals surface area contributed by atoms with E-state index in [0.29, 0.717) is 39.9 Å². The van der Waals surface area contributed by atoms with Crippen LogP contribution in [0, 0.1) is 0 Å². The number of hydrogen-bond acceptors (Lipinski definition) is 16. The van der Waals surface area contributed by atoms with Gasteiger partial charge in [0.2, 0.25) is 30.1 Å². The van der Waals surface area contributed by atoms with E-state index in [-0.39, 0.29) is 12.1 Å². The maximum atomic E-state index is 12.3. The number of benzene rings is 9. The first-order valence-corrected chi connectivity index (χ1v) is 35.3. The van der Waals surface area contributed by atoms with Gasteiger partial charge in [0.1, 0.15) is 30.7 Å². The molecule has 0 saturated carbocycles. The van der Waals surface area contributed by atoms with Crippen molar-refractivity contribution in [3.8, 4) is 17.2 Å². The molecule has 0 aliphatic heterocycles. The number of para-hydroxylation sites is 6. The van der Waals surface area contributed by atoms with Crippen LogP contribution < -0.4 is 39.6 Å². The number of pyridine rings is 3. The quantitative estimate of drug-likeness (QED) is 0.0269. The van der Waals surface area contributed by atoms with Crippen molar-refractivity contribution in [3.05, 3.63) is 200 Å². The van der Waals surface area contributed by atoms with Crippen molar-refractivity contribution < 1.29 is 44.4 Å². The van der Waals surface area contributed by atoms with E-state index < -0.39 is 37.2 Å². The third-order valence-electron chi connectivity index (χ3n) is 13.2. The van der Waals surface area contributed by atoms with Gasteiger partial charge in [0.05, 0.1) is 110 Å². The van der Waals surface area contributed by atoms with Gasteiger partial charge < -0.3 is 35.1 Å². The van der Waals surface area contributed by atoms with Crippen LogP contribution in [0.1, 0.15) is 0 Å². The van der Waals surface area contributed by atoms with Crippen LogP contribution in [0.25, 0.3) is 65.4 Å². The highest BCUT2D eigenvalue weighted by Gasteiger charge is 2.18. The van der Waals surface area contributed by atoms with E-state index in [1.807, 2.05) is 146 Å². The number of anilines is 9. The lowest BCUT2D eigenvalue weighted by Gasteiger charge is -2.18. The number of hydrogen-bond donors (Lipinski definition) is 7. The first-order chi connectivity index (χ1) is 41.4. The van der Waals surface area contributed by atoms with E-state index in [4.69, 9.17) is 19.4 Å².